The molecule has 0 N–H and O–H groups in total. The molecule has 0 bridgehead atoms. The molecule has 0 saturated heterocycles. The second-order valence-corrected chi connectivity index (χ2v) is 15.1. The summed E-state index contributed by atoms with van der Waals surface area (Å²) in [4.78, 5) is 15.6. The summed E-state index contributed by atoms with van der Waals surface area (Å²) >= 11 is 1.83. The number of nitrogens with zero attached hydrogens (tertiary/aromatic N) is 4. The summed E-state index contributed by atoms with van der Waals surface area (Å²) in [6.07, 6.45) is 0. The molecule has 0 radical (unpaired) electrons. The van der Waals surface area contributed by atoms with E-state index in [1.165, 1.54) is 75.0 Å². The van der Waals surface area contributed by atoms with Crippen LogP contribution in [0.5, 0.6) is 0 Å². The number of thiophene rings is 1. The van der Waals surface area contributed by atoms with E-state index < -0.39 is 0 Å². The van der Waals surface area contributed by atoms with Crippen LogP contribution in [0.25, 0.3) is 115 Å². The van der Waals surface area contributed by atoms with Crippen LogP contribution in [0, 0.1) is 0 Å². The average molecular weight is 705 g/mol. The Kier molecular flexibility index (Phi) is 6.18. The molecule has 1 aliphatic rings. The lowest BCUT2D eigenvalue weighted by Gasteiger charge is -2.12. The van der Waals surface area contributed by atoms with Crippen LogP contribution in [0.2, 0.25) is 0 Å². The standard InChI is InChI=1S/C49H28N4S/c1-2-12-30(13-3-1)47-50-48(31-16-8-17-32(26-31)53-41-23-6-4-18-33(41)34-19-5-7-24-42(34)53)52-49(51-47)37-22-11-25-43-46(37)40-27-38-35-20-9-14-29-15-10-21-36(45(29)35)39(38)28-44(40)54-43/h1-28H. The number of benzene rings is 8. The lowest BCUT2D eigenvalue weighted by molar-refractivity contribution is 1.07. The fraction of sp³-hybridized carbons (Fsp3) is 0. The molecule has 12 rings (SSSR count). The SMILES string of the molecule is c1ccc(-c2nc(-c3cccc(-n4c5ccccc5c5ccccc54)c3)nc(-c3cccc4sc5cc6c(cc5c34)-c3cccc4cccc-6c34)n2)cc1. The monoisotopic (exact) mass is 704 g/mol. The first-order valence-corrected chi connectivity index (χ1v) is 19.0. The molecule has 8 aromatic carbocycles. The van der Waals surface area contributed by atoms with E-state index in [9.17, 15) is 0 Å². The van der Waals surface area contributed by atoms with Crippen molar-refractivity contribution >= 4 is 64.1 Å². The summed E-state index contributed by atoms with van der Waals surface area (Å²) in [6.45, 7) is 0. The number of hydrogen-bond acceptors (Lipinski definition) is 4. The third-order valence-electron chi connectivity index (χ3n) is 11.0. The third kappa shape index (κ3) is 4.27. The molecule has 0 atom stereocenters. The van der Waals surface area contributed by atoms with Crippen LogP contribution in [0.4, 0.5) is 0 Å². The molecule has 3 heterocycles. The molecular weight excluding hydrogens is 677 g/mol. The molecule has 54 heavy (non-hydrogen) atoms. The van der Waals surface area contributed by atoms with Crippen molar-refractivity contribution in [1.29, 1.82) is 0 Å². The summed E-state index contributed by atoms with van der Waals surface area (Å²) in [6, 6.07) is 60.6. The number of hydrogen-bond donors (Lipinski definition) is 0. The van der Waals surface area contributed by atoms with E-state index in [-0.39, 0.29) is 0 Å². The Morgan fingerprint density at radius 1 is 0.370 bits per heavy atom. The minimum absolute atomic E-state index is 0.640. The van der Waals surface area contributed by atoms with E-state index >= 15 is 0 Å². The maximum Gasteiger partial charge on any atom is 0.164 e. The Balaban J connectivity index is 1.08. The van der Waals surface area contributed by atoms with Gasteiger partial charge in [0.1, 0.15) is 0 Å². The Bertz CT molecular complexity index is 3280. The highest BCUT2D eigenvalue weighted by Crippen LogP contribution is 2.51. The van der Waals surface area contributed by atoms with Gasteiger partial charge in [-0.1, -0.05) is 127 Å². The van der Waals surface area contributed by atoms with E-state index in [1.807, 2.05) is 29.5 Å². The number of para-hydroxylation sites is 2. The van der Waals surface area contributed by atoms with Crippen molar-refractivity contribution in [2.24, 2.45) is 0 Å². The molecule has 0 unspecified atom stereocenters. The van der Waals surface area contributed by atoms with Gasteiger partial charge >= 0.3 is 0 Å². The second-order valence-electron chi connectivity index (χ2n) is 14.0. The third-order valence-corrected chi connectivity index (χ3v) is 12.1. The second kappa shape index (κ2) is 11.3. The minimum Gasteiger partial charge on any atom is -0.309 e. The fourth-order valence-electron chi connectivity index (χ4n) is 8.62. The molecule has 3 aromatic heterocycles. The Hall–Kier alpha value is -6.95. The minimum atomic E-state index is 0.640. The molecule has 0 aliphatic heterocycles. The van der Waals surface area contributed by atoms with Crippen molar-refractivity contribution in [3.63, 3.8) is 0 Å². The lowest BCUT2D eigenvalue weighted by Crippen LogP contribution is -2.01. The van der Waals surface area contributed by atoms with Crippen molar-refractivity contribution in [1.82, 2.24) is 19.5 Å². The van der Waals surface area contributed by atoms with Crippen molar-refractivity contribution in [3.8, 4) is 62.1 Å². The first-order valence-electron chi connectivity index (χ1n) is 18.2. The van der Waals surface area contributed by atoms with E-state index in [4.69, 9.17) is 15.0 Å². The predicted octanol–water partition coefficient (Wildman–Crippen LogP) is 13.1. The Morgan fingerprint density at radius 3 is 1.72 bits per heavy atom. The van der Waals surface area contributed by atoms with Gasteiger partial charge in [0, 0.05) is 53.3 Å². The smallest absolute Gasteiger partial charge is 0.164 e. The maximum absolute atomic E-state index is 5.29. The summed E-state index contributed by atoms with van der Waals surface area (Å²) in [5.41, 5.74) is 11.5. The Morgan fingerprint density at radius 2 is 0.963 bits per heavy atom. The number of fused-ring (bicyclic) bond motifs is 9. The first-order chi connectivity index (χ1) is 26.8. The molecule has 0 amide bonds. The van der Waals surface area contributed by atoms with Gasteiger partial charge in [-0.3, -0.25) is 0 Å². The predicted molar refractivity (Wildman–Crippen MR) is 225 cm³/mol. The number of rotatable bonds is 4. The lowest BCUT2D eigenvalue weighted by atomic mass is 9.99. The van der Waals surface area contributed by atoms with Gasteiger partial charge in [-0.15, -0.1) is 11.3 Å². The van der Waals surface area contributed by atoms with Gasteiger partial charge in [-0.25, -0.2) is 15.0 Å². The van der Waals surface area contributed by atoms with Crippen LogP contribution in [0.1, 0.15) is 0 Å². The van der Waals surface area contributed by atoms with Crippen LogP contribution < -0.4 is 0 Å². The van der Waals surface area contributed by atoms with Crippen molar-refractivity contribution in [2.45, 2.75) is 0 Å². The molecule has 1 aliphatic carbocycles. The molecule has 0 fully saturated rings. The molecular formula is C49H28N4S. The summed E-state index contributed by atoms with van der Waals surface area (Å²) < 4.78 is 4.82. The van der Waals surface area contributed by atoms with Gasteiger partial charge in [-0.2, -0.15) is 0 Å². The first kappa shape index (κ1) is 29.6. The van der Waals surface area contributed by atoms with Crippen LogP contribution in [0.3, 0.4) is 0 Å². The quantitative estimate of drug-likeness (QED) is 0.183. The van der Waals surface area contributed by atoms with Crippen LogP contribution in [-0.4, -0.2) is 19.5 Å². The largest absolute Gasteiger partial charge is 0.309 e. The van der Waals surface area contributed by atoms with Gasteiger partial charge < -0.3 is 4.57 Å². The van der Waals surface area contributed by atoms with Gasteiger partial charge in [0.15, 0.2) is 17.5 Å². The van der Waals surface area contributed by atoms with Gasteiger partial charge in [0.25, 0.3) is 0 Å². The van der Waals surface area contributed by atoms with E-state index in [2.05, 4.69) is 156 Å². The summed E-state index contributed by atoms with van der Waals surface area (Å²) in [7, 11) is 0. The van der Waals surface area contributed by atoms with Crippen molar-refractivity contribution in [3.05, 3.63) is 170 Å². The highest BCUT2D eigenvalue weighted by molar-refractivity contribution is 7.26. The van der Waals surface area contributed by atoms with Crippen LogP contribution in [-0.2, 0) is 0 Å². The van der Waals surface area contributed by atoms with E-state index in [0.717, 1.165) is 22.4 Å². The molecule has 0 saturated carbocycles. The number of aromatic nitrogens is 4. The van der Waals surface area contributed by atoms with E-state index in [1.54, 1.807) is 0 Å². The van der Waals surface area contributed by atoms with Gasteiger partial charge in [0.2, 0.25) is 0 Å². The zero-order valence-corrected chi connectivity index (χ0v) is 29.7. The van der Waals surface area contributed by atoms with Crippen LogP contribution in [0.15, 0.2) is 170 Å². The molecule has 5 heteroatoms. The average Bonchev–Trinajstić information content (AvgIpc) is 3.89. The summed E-state index contributed by atoms with van der Waals surface area (Å²) in [5.74, 6) is 1.95. The van der Waals surface area contributed by atoms with E-state index in [0.29, 0.717) is 17.5 Å². The molecule has 4 nitrogen and oxygen atoms in total. The summed E-state index contributed by atoms with van der Waals surface area (Å²) in [5, 5.41) is 7.49. The van der Waals surface area contributed by atoms with Gasteiger partial charge in [-0.05, 0) is 75.5 Å². The van der Waals surface area contributed by atoms with Crippen molar-refractivity contribution < 1.29 is 0 Å². The molecule has 0 spiro atoms. The zero-order valence-electron chi connectivity index (χ0n) is 28.9. The molecule has 11 aromatic rings. The maximum atomic E-state index is 5.29. The highest BCUT2D eigenvalue weighted by Gasteiger charge is 2.24. The van der Waals surface area contributed by atoms with Gasteiger partial charge in [0.05, 0.1) is 11.0 Å². The highest BCUT2D eigenvalue weighted by atomic mass is 32.1. The molecule has 250 valence electrons. The fourth-order valence-corrected chi connectivity index (χ4v) is 9.77. The van der Waals surface area contributed by atoms with Crippen molar-refractivity contribution in [2.75, 3.05) is 0 Å². The van der Waals surface area contributed by atoms with Crippen LogP contribution >= 0.6 is 11.3 Å². The normalized spacial score (nSPS) is 12.1. The zero-order chi connectivity index (χ0) is 35.3. The Labute approximate surface area is 314 Å². The topological polar surface area (TPSA) is 43.6 Å².